The van der Waals surface area contributed by atoms with E-state index in [1.54, 1.807) is 27.9 Å². The minimum atomic E-state index is -0.597. The zero-order valence-corrected chi connectivity index (χ0v) is 17.8. The van der Waals surface area contributed by atoms with Gasteiger partial charge in [0, 0.05) is 5.92 Å². The Morgan fingerprint density at radius 1 is 1.10 bits per heavy atom. The topological polar surface area (TPSA) is 71.1 Å². The fraction of sp³-hybridized carbons (Fsp3) is 0.417. The van der Waals surface area contributed by atoms with E-state index in [1.807, 2.05) is 48.5 Å². The lowest BCUT2D eigenvalue weighted by molar-refractivity contribution is -0.154. The van der Waals surface area contributed by atoms with Crippen LogP contribution in [0, 0.1) is 11.3 Å². The van der Waals surface area contributed by atoms with E-state index < -0.39 is 11.5 Å². The summed E-state index contributed by atoms with van der Waals surface area (Å²) in [6, 6.07) is 15.3. The first-order valence-corrected chi connectivity index (χ1v) is 9.99. The fourth-order valence-corrected chi connectivity index (χ4v) is 3.21. The molecule has 0 spiro atoms. The van der Waals surface area contributed by atoms with E-state index in [2.05, 4.69) is 0 Å². The number of benzene rings is 2. The standard InChI is InChI=1S/C24H28O6/c1-24(2,3)23(26)29-15-18-13-21(25)30-22(18)17-10-11-19(20(12-17)27-4)28-14-16-8-6-5-7-9-16/h5-12,18,22H,13-15H2,1-4H3. The molecule has 2 atom stereocenters. The van der Waals surface area contributed by atoms with Crippen molar-refractivity contribution >= 4 is 11.9 Å². The maximum atomic E-state index is 12.1. The summed E-state index contributed by atoms with van der Waals surface area (Å²) in [7, 11) is 1.57. The van der Waals surface area contributed by atoms with Crippen molar-refractivity contribution in [3.8, 4) is 11.5 Å². The zero-order valence-electron chi connectivity index (χ0n) is 17.8. The van der Waals surface area contributed by atoms with Crippen LogP contribution in [0.5, 0.6) is 11.5 Å². The highest BCUT2D eigenvalue weighted by Gasteiger charge is 2.38. The van der Waals surface area contributed by atoms with Crippen LogP contribution >= 0.6 is 0 Å². The maximum absolute atomic E-state index is 12.1. The van der Waals surface area contributed by atoms with Crippen LogP contribution in [-0.4, -0.2) is 25.7 Å². The van der Waals surface area contributed by atoms with Crippen molar-refractivity contribution in [2.24, 2.45) is 11.3 Å². The highest BCUT2D eigenvalue weighted by atomic mass is 16.6. The second-order valence-corrected chi connectivity index (χ2v) is 8.41. The molecule has 1 aliphatic rings. The van der Waals surface area contributed by atoms with Gasteiger partial charge in [0.1, 0.15) is 12.7 Å². The summed E-state index contributed by atoms with van der Waals surface area (Å²) < 4.78 is 22.3. The number of cyclic esters (lactones) is 1. The molecule has 2 aromatic rings. The van der Waals surface area contributed by atoms with Crippen molar-refractivity contribution in [1.82, 2.24) is 0 Å². The molecular weight excluding hydrogens is 384 g/mol. The van der Waals surface area contributed by atoms with E-state index in [0.29, 0.717) is 18.1 Å². The lowest BCUT2D eigenvalue weighted by atomic mass is 9.94. The van der Waals surface area contributed by atoms with E-state index in [0.717, 1.165) is 11.1 Å². The maximum Gasteiger partial charge on any atom is 0.311 e. The van der Waals surface area contributed by atoms with Crippen LogP contribution in [0.4, 0.5) is 0 Å². The van der Waals surface area contributed by atoms with Crippen molar-refractivity contribution < 1.29 is 28.5 Å². The fourth-order valence-electron chi connectivity index (χ4n) is 3.21. The van der Waals surface area contributed by atoms with E-state index in [9.17, 15) is 9.59 Å². The van der Waals surface area contributed by atoms with Crippen LogP contribution in [0.2, 0.25) is 0 Å². The van der Waals surface area contributed by atoms with Crippen LogP contribution in [-0.2, 0) is 25.7 Å². The van der Waals surface area contributed by atoms with Crippen molar-refractivity contribution in [2.45, 2.75) is 39.9 Å². The Bertz CT molecular complexity index is 884. The van der Waals surface area contributed by atoms with Gasteiger partial charge in [0.05, 0.1) is 25.6 Å². The number of carbonyl (C=O) groups is 2. The van der Waals surface area contributed by atoms with E-state index in [1.165, 1.54) is 0 Å². The van der Waals surface area contributed by atoms with Gasteiger partial charge < -0.3 is 18.9 Å². The highest BCUT2D eigenvalue weighted by Crippen LogP contribution is 2.39. The molecule has 0 amide bonds. The van der Waals surface area contributed by atoms with Crippen LogP contribution in [0.1, 0.15) is 44.4 Å². The first-order chi connectivity index (χ1) is 14.3. The summed E-state index contributed by atoms with van der Waals surface area (Å²) in [5.41, 5.74) is 1.23. The molecule has 0 bridgehead atoms. The first kappa shape index (κ1) is 21.7. The molecule has 1 saturated heterocycles. The van der Waals surface area contributed by atoms with Gasteiger partial charge in [0.15, 0.2) is 11.5 Å². The van der Waals surface area contributed by atoms with E-state index >= 15 is 0 Å². The molecule has 160 valence electrons. The van der Waals surface area contributed by atoms with Crippen LogP contribution in [0.3, 0.4) is 0 Å². The quantitative estimate of drug-likeness (QED) is 0.625. The molecule has 6 nitrogen and oxygen atoms in total. The monoisotopic (exact) mass is 412 g/mol. The predicted octanol–water partition coefficient (Wildman–Crippen LogP) is 4.47. The minimum absolute atomic E-state index is 0.126. The normalized spacial score (nSPS) is 18.6. The molecule has 6 heteroatoms. The first-order valence-electron chi connectivity index (χ1n) is 9.99. The summed E-state index contributed by atoms with van der Waals surface area (Å²) in [6.45, 7) is 5.92. The number of methoxy groups -OCH3 is 1. The largest absolute Gasteiger partial charge is 0.493 e. The Hall–Kier alpha value is -3.02. The van der Waals surface area contributed by atoms with Gasteiger partial charge in [-0.3, -0.25) is 9.59 Å². The van der Waals surface area contributed by atoms with Gasteiger partial charge in [-0.05, 0) is 44.0 Å². The van der Waals surface area contributed by atoms with Crippen LogP contribution in [0.25, 0.3) is 0 Å². The van der Waals surface area contributed by atoms with Gasteiger partial charge in [-0.15, -0.1) is 0 Å². The summed E-state index contributed by atoms with van der Waals surface area (Å²) in [5, 5.41) is 0. The number of ether oxygens (including phenoxy) is 4. The molecule has 1 fully saturated rings. The molecule has 0 N–H and O–H groups in total. The van der Waals surface area contributed by atoms with Crippen molar-refractivity contribution in [2.75, 3.05) is 13.7 Å². The summed E-state index contributed by atoms with van der Waals surface area (Å²) in [4.78, 5) is 24.0. The molecule has 2 aromatic carbocycles. The van der Waals surface area contributed by atoms with Gasteiger partial charge in [0.25, 0.3) is 0 Å². The molecule has 0 aliphatic carbocycles. The Morgan fingerprint density at radius 2 is 1.83 bits per heavy atom. The number of hydrogen-bond acceptors (Lipinski definition) is 6. The molecule has 2 unspecified atom stereocenters. The molecule has 3 rings (SSSR count). The Labute approximate surface area is 177 Å². The lowest BCUT2D eigenvalue weighted by Gasteiger charge is -2.22. The third-order valence-corrected chi connectivity index (χ3v) is 4.91. The third kappa shape index (κ3) is 5.32. The summed E-state index contributed by atoms with van der Waals surface area (Å²) in [6.07, 6.45) is -0.293. The second kappa shape index (κ2) is 9.20. The minimum Gasteiger partial charge on any atom is -0.493 e. The Kier molecular flexibility index (Phi) is 6.65. The van der Waals surface area contributed by atoms with Crippen LogP contribution in [0.15, 0.2) is 48.5 Å². The average molecular weight is 412 g/mol. The summed E-state index contributed by atoms with van der Waals surface area (Å²) in [5.74, 6) is 0.301. The second-order valence-electron chi connectivity index (χ2n) is 8.41. The molecule has 30 heavy (non-hydrogen) atoms. The molecule has 0 radical (unpaired) electrons. The third-order valence-electron chi connectivity index (χ3n) is 4.91. The Balaban J connectivity index is 1.71. The lowest BCUT2D eigenvalue weighted by Crippen LogP contribution is -2.26. The van der Waals surface area contributed by atoms with Crippen molar-refractivity contribution in [3.05, 3.63) is 59.7 Å². The van der Waals surface area contributed by atoms with Gasteiger partial charge in [-0.2, -0.15) is 0 Å². The molecule has 0 aromatic heterocycles. The molecule has 1 aliphatic heterocycles. The highest BCUT2D eigenvalue weighted by molar-refractivity contribution is 5.76. The van der Waals surface area contributed by atoms with Gasteiger partial charge in [-0.25, -0.2) is 0 Å². The predicted molar refractivity (Wildman–Crippen MR) is 111 cm³/mol. The molecule has 0 saturated carbocycles. The van der Waals surface area contributed by atoms with Crippen molar-refractivity contribution in [1.29, 1.82) is 0 Å². The number of hydrogen-bond donors (Lipinski definition) is 0. The molecular formula is C24H28O6. The zero-order chi connectivity index (χ0) is 21.7. The number of rotatable bonds is 7. The van der Waals surface area contributed by atoms with Gasteiger partial charge in [-0.1, -0.05) is 36.4 Å². The van der Waals surface area contributed by atoms with Gasteiger partial charge in [0.2, 0.25) is 0 Å². The SMILES string of the molecule is COc1cc(C2OC(=O)CC2COC(=O)C(C)(C)C)ccc1OCc1ccccc1. The summed E-state index contributed by atoms with van der Waals surface area (Å²) >= 11 is 0. The van der Waals surface area contributed by atoms with Gasteiger partial charge >= 0.3 is 11.9 Å². The van der Waals surface area contributed by atoms with Crippen molar-refractivity contribution in [3.63, 3.8) is 0 Å². The van der Waals surface area contributed by atoms with E-state index in [-0.39, 0.29) is 30.9 Å². The number of carbonyl (C=O) groups excluding carboxylic acids is 2. The van der Waals surface area contributed by atoms with Crippen LogP contribution < -0.4 is 9.47 Å². The average Bonchev–Trinajstić information content (AvgIpc) is 3.10. The number of esters is 2. The smallest absolute Gasteiger partial charge is 0.311 e. The Morgan fingerprint density at radius 3 is 2.50 bits per heavy atom. The molecule has 1 heterocycles. The van der Waals surface area contributed by atoms with E-state index in [4.69, 9.17) is 18.9 Å².